The number of aliphatic imine (C=N–C) groups is 1. The number of rotatable bonds is 7. The molecule has 0 saturated carbocycles. The van der Waals surface area contributed by atoms with Crippen LogP contribution in [0.5, 0.6) is 0 Å². The molecule has 0 aliphatic rings. The smallest absolute Gasteiger partial charge is 0.433 e. The van der Waals surface area contributed by atoms with E-state index >= 15 is 0 Å². The Bertz CT molecular complexity index is 591. The molecule has 0 heterocycles. The first kappa shape index (κ1) is 19.9. The highest BCUT2D eigenvalue weighted by Crippen LogP contribution is 2.22. The van der Waals surface area contributed by atoms with Gasteiger partial charge in [-0.2, -0.15) is 4.99 Å². The molecule has 23 heavy (non-hydrogen) atoms. The van der Waals surface area contributed by atoms with Crippen LogP contribution in [0.15, 0.2) is 23.2 Å². The standard InChI is InChI=1S/C16H19Cl2NO3S/c1-3-4-7-21-15(23)8-11(2)19-16(20)22-10-12-5-6-13(17)14(18)9-12/h5-6,9H,3-4,7-8,10H2,1-2H3. The fourth-order valence-electron chi connectivity index (χ4n) is 1.59. The number of hydrogen-bond donors (Lipinski definition) is 0. The van der Waals surface area contributed by atoms with E-state index in [1.54, 1.807) is 25.1 Å². The summed E-state index contributed by atoms with van der Waals surface area (Å²) < 4.78 is 10.4. The second-order valence-corrected chi connectivity index (χ2v) is 6.17. The summed E-state index contributed by atoms with van der Waals surface area (Å²) in [5.41, 5.74) is 1.28. The molecule has 1 amide bonds. The fourth-order valence-corrected chi connectivity index (χ4v) is 2.21. The van der Waals surface area contributed by atoms with Gasteiger partial charge < -0.3 is 9.47 Å². The van der Waals surface area contributed by atoms with Crippen LogP contribution in [0.2, 0.25) is 10.0 Å². The van der Waals surface area contributed by atoms with Gasteiger partial charge in [-0.25, -0.2) is 4.79 Å². The molecular formula is C16H19Cl2NO3S. The summed E-state index contributed by atoms with van der Waals surface area (Å²) in [6.45, 7) is 4.44. The molecule has 126 valence electrons. The predicted molar refractivity (Wildman–Crippen MR) is 97.8 cm³/mol. The summed E-state index contributed by atoms with van der Waals surface area (Å²) in [6.07, 6.45) is 1.64. The molecule has 0 N–H and O–H groups in total. The van der Waals surface area contributed by atoms with Crippen molar-refractivity contribution in [2.45, 2.75) is 39.7 Å². The van der Waals surface area contributed by atoms with Crippen LogP contribution in [0.1, 0.15) is 38.7 Å². The summed E-state index contributed by atoms with van der Waals surface area (Å²) >= 11 is 16.8. The Morgan fingerprint density at radius 2 is 2.00 bits per heavy atom. The third-order valence-corrected chi connectivity index (χ3v) is 3.79. The van der Waals surface area contributed by atoms with Crippen molar-refractivity contribution in [2.24, 2.45) is 4.99 Å². The highest BCUT2D eigenvalue weighted by molar-refractivity contribution is 7.80. The van der Waals surface area contributed by atoms with Crippen molar-refractivity contribution in [1.82, 2.24) is 0 Å². The first-order valence-corrected chi connectivity index (χ1v) is 8.39. The summed E-state index contributed by atoms with van der Waals surface area (Å²) in [5, 5.41) is 1.29. The lowest BCUT2D eigenvalue weighted by molar-refractivity contribution is 0.151. The highest BCUT2D eigenvalue weighted by Gasteiger charge is 2.06. The highest BCUT2D eigenvalue weighted by atomic mass is 35.5. The maximum absolute atomic E-state index is 11.7. The zero-order valence-corrected chi connectivity index (χ0v) is 15.4. The zero-order chi connectivity index (χ0) is 17.2. The molecule has 1 aromatic rings. The number of unbranched alkanes of at least 4 members (excludes halogenated alkanes) is 1. The van der Waals surface area contributed by atoms with Gasteiger partial charge in [-0.3, -0.25) is 0 Å². The molecule has 0 aromatic heterocycles. The minimum Gasteiger partial charge on any atom is -0.487 e. The van der Waals surface area contributed by atoms with Crippen LogP contribution >= 0.6 is 35.4 Å². The molecule has 0 spiro atoms. The Balaban J connectivity index is 2.41. The van der Waals surface area contributed by atoms with Crippen LogP contribution in [0.25, 0.3) is 0 Å². The summed E-state index contributed by atoms with van der Waals surface area (Å²) in [6, 6.07) is 5.02. The fraction of sp³-hybridized carbons (Fsp3) is 0.438. The molecule has 0 unspecified atom stereocenters. The Labute approximate surface area is 151 Å². The predicted octanol–water partition coefficient (Wildman–Crippen LogP) is 5.63. The van der Waals surface area contributed by atoms with E-state index in [1.165, 1.54) is 0 Å². The van der Waals surface area contributed by atoms with Gasteiger partial charge >= 0.3 is 6.09 Å². The number of hydrogen-bond acceptors (Lipinski definition) is 4. The second-order valence-electron chi connectivity index (χ2n) is 4.90. The van der Waals surface area contributed by atoms with Crippen molar-refractivity contribution in [3.63, 3.8) is 0 Å². The van der Waals surface area contributed by atoms with Crippen molar-refractivity contribution in [1.29, 1.82) is 0 Å². The van der Waals surface area contributed by atoms with E-state index in [-0.39, 0.29) is 6.61 Å². The molecule has 0 radical (unpaired) electrons. The maximum atomic E-state index is 11.7. The molecule has 4 nitrogen and oxygen atoms in total. The van der Waals surface area contributed by atoms with Gasteiger partial charge in [-0.15, -0.1) is 0 Å². The molecular weight excluding hydrogens is 357 g/mol. The van der Waals surface area contributed by atoms with Gasteiger partial charge in [0.1, 0.15) is 6.61 Å². The summed E-state index contributed by atoms with van der Waals surface area (Å²) in [4.78, 5) is 15.5. The number of nitrogens with zero attached hydrogens (tertiary/aromatic N) is 1. The first-order valence-electron chi connectivity index (χ1n) is 7.22. The van der Waals surface area contributed by atoms with Crippen molar-refractivity contribution < 1.29 is 14.3 Å². The average molecular weight is 376 g/mol. The number of carbonyl (C=O) groups excluding carboxylic acids is 1. The lowest BCUT2D eigenvalue weighted by Crippen LogP contribution is -2.10. The van der Waals surface area contributed by atoms with Gasteiger partial charge in [-0.05, 0) is 43.3 Å². The van der Waals surface area contributed by atoms with Crippen LogP contribution in [0.3, 0.4) is 0 Å². The van der Waals surface area contributed by atoms with Gasteiger partial charge in [0.15, 0.2) is 5.05 Å². The van der Waals surface area contributed by atoms with Crippen LogP contribution < -0.4 is 0 Å². The number of carbonyl (C=O) groups is 1. The topological polar surface area (TPSA) is 47.9 Å². The SMILES string of the molecule is CCCCOC(=S)CC(C)=NC(=O)OCc1ccc(Cl)c(Cl)c1. The average Bonchev–Trinajstić information content (AvgIpc) is 2.48. The monoisotopic (exact) mass is 375 g/mol. The lowest BCUT2D eigenvalue weighted by Gasteiger charge is -2.07. The molecule has 0 aliphatic heterocycles. The van der Waals surface area contributed by atoms with E-state index in [0.717, 1.165) is 18.4 Å². The Hall–Kier alpha value is -1.17. The molecule has 1 aromatic carbocycles. The molecule has 0 atom stereocenters. The van der Waals surface area contributed by atoms with Gasteiger partial charge in [-0.1, -0.05) is 42.6 Å². The number of thiocarbonyl (C=S) groups is 1. The van der Waals surface area contributed by atoms with E-state index in [9.17, 15) is 4.79 Å². The molecule has 0 bridgehead atoms. The van der Waals surface area contributed by atoms with Gasteiger partial charge in [0.25, 0.3) is 0 Å². The molecule has 0 fully saturated rings. The Morgan fingerprint density at radius 3 is 2.65 bits per heavy atom. The normalized spacial score (nSPS) is 11.2. The third-order valence-electron chi connectivity index (χ3n) is 2.79. The van der Waals surface area contributed by atoms with Crippen LogP contribution in [0.4, 0.5) is 4.79 Å². The van der Waals surface area contributed by atoms with Crippen LogP contribution in [-0.2, 0) is 16.1 Å². The zero-order valence-electron chi connectivity index (χ0n) is 13.1. The number of amides is 1. The van der Waals surface area contributed by atoms with Crippen molar-refractivity contribution in [2.75, 3.05) is 6.61 Å². The molecule has 7 heteroatoms. The summed E-state index contributed by atoms with van der Waals surface area (Å²) in [7, 11) is 0. The number of ether oxygens (including phenoxy) is 2. The van der Waals surface area contributed by atoms with E-state index in [0.29, 0.717) is 33.8 Å². The van der Waals surface area contributed by atoms with E-state index in [4.69, 9.17) is 44.9 Å². The first-order chi connectivity index (χ1) is 10.9. The Kier molecular flexibility index (Phi) is 9.14. The van der Waals surface area contributed by atoms with Crippen molar-refractivity contribution >= 4 is 52.3 Å². The van der Waals surface area contributed by atoms with Crippen molar-refractivity contribution in [3.05, 3.63) is 33.8 Å². The third kappa shape index (κ3) is 8.30. The van der Waals surface area contributed by atoms with E-state index in [1.807, 2.05) is 0 Å². The quantitative estimate of drug-likeness (QED) is 0.352. The van der Waals surface area contributed by atoms with Crippen molar-refractivity contribution in [3.8, 4) is 0 Å². The minimum atomic E-state index is -0.676. The van der Waals surface area contributed by atoms with Gasteiger partial charge in [0.05, 0.1) is 23.1 Å². The van der Waals surface area contributed by atoms with E-state index in [2.05, 4.69) is 11.9 Å². The minimum absolute atomic E-state index is 0.0734. The summed E-state index contributed by atoms with van der Waals surface area (Å²) in [5.74, 6) is 0. The molecule has 0 aliphatic carbocycles. The maximum Gasteiger partial charge on any atom is 0.433 e. The number of benzene rings is 1. The van der Waals surface area contributed by atoms with Crippen LogP contribution in [-0.4, -0.2) is 23.5 Å². The van der Waals surface area contributed by atoms with Gasteiger partial charge in [0.2, 0.25) is 0 Å². The molecule has 0 saturated heterocycles. The van der Waals surface area contributed by atoms with Crippen LogP contribution in [0, 0.1) is 0 Å². The Morgan fingerprint density at radius 1 is 1.26 bits per heavy atom. The van der Waals surface area contributed by atoms with Gasteiger partial charge in [0, 0.05) is 5.71 Å². The largest absolute Gasteiger partial charge is 0.487 e. The second kappa shape index (κ2) is 10.6. The molecule has 1 rings (SSSR count). The van der Waals surface area contributed by atoms with E-state index < -0.39 is 6.09 Å². The lowest BCUT2D eigenvalue weighted by atomic mass is 10.2. The number of halogens is 2.